The van der Waals surface area contributed by atoms with E-state index in [0.29, 0.717) is 17.3 Å². The third kappa shape index (κ3) is 3.90. The fourth-order valence-corrected chi connectivity index (χ4v) is 2.26. The molecule has 0 bridgehead atoms. The summed E-state index contributed by atoms with van der Waals surface area (Å²) in [5.41, 5.74) is 0.727. The van der Waals surface area contributed by atoms with Crippen molar-refractivity contribution in [3.8, 4) is 0 Å². The summed E-state index contributed by atoms with van der Waals surface area (Å²) in [6, 6.07) is 1.64. The van der Waals surface area contributed by atoms with Gasteiger partial charge >= 0.3 is 0 Å². The second-order valence-electron chi connectivity index (χ2n) is 4.97. The molecule has 1 saturated heterocycles. The molecule has 1 fully saturated rings. The number of aromatic nitrogens is 1. The van der Waals surface area contributed by atoms with Crippen LogP contribution in [0.3, 0.4) is 0 Å². The van der Waals surface area contributed by atoms with Crippen molar-refractivity contribution in [2.24, 2.45) is 5.41 Å². The van der Waals surface area contributed by atoms with Gasteiger partial charge in [-0.2, -0.15) is 0 Å². The standard InChI is InChI=1S/C12H18ClN3O.ClH/c1-12(2-4-14-5-3-12)8-16-11(17)10-6-9(13)7-15-10;/h6-7,14-15H,2-5,8H2,1H3,(H,16,17);1H. The minimum absolute atomic E-state index is 0. The van der Waals surface area contributed by atoms with Crippen LogP contribution in [0, 0.1) is 5.41 Å². The molecule has 1 aromatic rings. The Hall–Kier alpha value is -0.710. The van der Waals surface area contributed by atoms with Gasteiger partial charge in [0.1, 0.15) is 5.69 Å². The number of piperidine rings is 1. The molecule has 1 amide bonds. The Morgan fingerprint density at radius 1 is 1.50 bits per heavy atom. The molecule has 0 aliphatic carbocycles. The molecule has 0 atom stereocenters. The second kappa shape index (κ2) is 6.45. The van der Waals surface area contributed by atoms with Crippen molar-refractivity contribution < 1.29 is 4.79 Å². The van der Waals surface area contributed by atoms with Crippen LogP contribution >= 0.6 is 24.0 Å². The summed E-state index contributed by atoms with van der Waals surface area (Å²) in [5.74, 6) is -0.0864. The number of aromatic amines is 1. The van der Waals surface area contributed by atoms with Crippen molar-refractivity contribution in [3.63, 3.8) is 0 Å². The van der Waals surface area contributed by atoms with Gasteiger partial charge in [0.25, 0.3) is 5.91 Å². The zero-order valence-corrected chi connectivity index (χ0v) is 12.0. The van der Waals surface area contributed by atoms with Crippen LogP contribution in [-0.4, -0.2) is 30.5 Å². The summed E-state index contributed by atoms with van der Waals surface area (Å²) in [6.45, 7) is 4.99. The Morgan fingerprint density at radius 2 is 2.17 bits per heavy atom. The summed E-state index contributed by atoms with van der Waals surface area (Å²) in [6.07, 6.45) is 3.81. The van der Waals surface area contributed by atoms with Crippen molar-refractivity contribution in [2.45, 2.75) is 19.8 Å². The Balaban J connectivity index is 0.00000162. The van der Waals surface area contributed by atoms with E-state index in [0.717, 1.165) is 25.9 Å². The number of rotatable bonds is 3. The zero-order chi connectivity index (χ0) is 12.3. The number of carbonyl (C=O) groups excluding carboxylic acids is 1. The molecular weight excluding hydrogens is 273 g/mol. The molecule has 18 heavy (non-hydrogen) atoms. The first-order valence-electron chi connectivity index (χ1n) is 5.92. The maximum atomic E-state index is 11.8. The fourth-order valence-electron chi connectivity index (χ4n) is 2.10. The van der Waals surface area contributed by atoms with Gasteiger partial charge in [-0.25, -0.2) is 0 Å². The molecule has 0 unspecified atom stereocenters. The number of amides is 1. The molecule has 3 N–H and O–H groups in total. The highest BCUT2D eigenvalue weighted by Gasteiger charge is 2.27. The summed E-state index contributed by atoms with van der Waals surface area (Å²) < 4.78 is 0. The number of hydrogen-bond donors (Lipinski definition) is 3. The van der Waals surface area contributed by atoms with Crippen molar-refractivity contribution in [1.82, 2.24) is 15.6 Å². The molecule has 4 nitrogen and oxygen atoms in total. The van der Waals surface area contributed by atoms with Gasteiger partial charge in [-0.15, -0.1) is 12.4 Å². The van der Waals surface area contributed by atoms with E-state index in [9.17, 15) is 4.79 Å². The molecule has 0 aromatic carbocycles. The Kier molecular flexibility index (Phi) is 5.50. The largest absolute Gasteiger partial charge is 0.356 e. The highest BCUT2D eigenvalue weighted by atomic mass is 35.5. The predicted molar refractivity (Wildman–Crippen MR) is 75.6 cm³/mol. The lowest BCUT2D eigenvalue weighted by atomic mass is 9.81. The highest BCUT2D eigenvalue weighted by molar-refractivity contribution is 6.30. The Labute approximate surface area is 118 Å². The smallest absolute Gasteiger partial charge is 0.267 e. The maximum absolute atomic E-state index is 11.8. The van der Waals surface area contributed by atoms with Gasteiger partial charge in [-0.1, -0.05) is 18.5 Å². The van der Waals surface area contributed by atoms with Gasteiger partial charge < -0.3 is 15.6 Å². The lowest BCUT2D eigenvalue weighted by Gasteiger charge is -2.34. The first kappa shape index (κ1) is 15.3. The van der Waals surface area contributed by atoms with Gasteiger partial charge in [0.2, 0.25) is 0 Å². The second-order valence-corrected chi connectivity index (χ2v) is 5.41. The monoisotopic (exact) mass is 291 g/mol. The predicted octanol–water partition coefficient (Wildman–Crippen LogP) is 2.21. The number of nitrogens with one attached hydrogen (secondary N) is 3. The van der Waals surface area contributed by atoms with Crippen molar-refractivity contribution in [2.75, 3.05) is 19.6 Å². The summed E-state index contributed by atoms with van der Waals surface area (Å²) >= 11 is 5.76. The first-order chi connectivity index (χ1) is 8.09. The minimum atomic E-state index is -0.0864. The highest BCUT2D eigenvalue weighted by Crippen LogP contribution is 2.26. The van der Waals surface area contributed by atoms with Crippen LogP contribution in [0.25, 0.3) is 0 Å². The zero-order valence-electron chi connectivity index (χ0n) is 10.4. The molecule has 6 heteroatoms. The third-order valence-corrected chi connectivity index (χ3v) is 3.60. The molecule has 2 heterocycles. The number of carbonyl (C=O) groups is 1. The minimum Gasteiger partial charge on any atom is -0.356 e. The van der Waals surface area contributed by atoms with E-state index in [1.165, 1.54) is 0 Å². The van der Waals surface area contributed by atoms with Crippen LogP contribution in [0.2, 0.25) is 5.02 Å². The van der Waals surface area contributed by atoms with Crippen LogP contribution in [0.1, 0.15) is 30.3 Å². The van der Waals surface area contributed by atoms with Crippen molar-refractivity contribution in [3.05, 3.63) is 23.0 Å². The first-order valence-corrected chi connectivity index (χ1v) is 6.30. The van der Waals surface area contributed by atoms with Crippen LogP contribution < -0.4 is 10.6 Å². The quantitative estimate of drug-likeness (QED) is 0.800. The SMILES string of the molecule is CC1(CNC(=O)c2cc(Cl)c[nH]2)CCNCC1.Cl. The average molecular weight is 292 g/mol. The third-order valence-electron chi connectivity index (χ3n) is 3.38. The van der Waals surface area contributed by atoms with Gasteiger partial charge in [0, 0.05) is 12.7 Å². The van der Waals surface area contributed by atoms with E-state index in [2.05, 4.69) is 22.5 Å². The number of H-pyrrole nitrogens is 1. The molecule has 1 aromatic heterocycles. The maximum Gasteiger partial charge on any atom is 0.267 e. The summed E-state index contributed by atoms with van der Waals surface area (Å²) in [7, 11) is 0. The normalized spacial score (nSPS) is 17.9. The van der Waals surface area contributed by atoms with E-state index in [1.54, 1.807) is 12.3 Å². The molecule has 0 saturated carbocycles. The van der Waals surface area contributed by atoms with E-state index < -0.39 is 0 Å². The Morgan fingerprint density at radius 3 is 2.72 bits per heavy atom. The number of halogens is 2. The average Bonchev–Trinajstić information content (AvgIpc) is 2.74. The van der Waals surface area contributed by atoms with Gasteiger partial charge in [-0.3, -0.25) is 4.79 Å². The molecule has 2 rings (SSSR count). The summed E-state index contributed by atoms with van der Waals surface area (Å²) in [4.78, 5) is 14.7. The van der Waals surface area contributed by atoms with Crippen LogP contribution in [0.5, 0.6) is 0 Å². The van der Waals surface area contributed by atoms with E-state index in [1.807, 2.05) is 0 Å². The van der Waals surface area contributed by atoms with Gasteiger partial charge in [0.15, 0.2) is 0 Å². The van der Waals surface area contributed by atoms with Crippen molar-refractivity contribution >= 4 is 29.9 Å². The Bertz CT molecular complexity index is 400. The fraction of sp³-hybridized carbons (Fsp3) is 0.583. The molecular formula is C12H19Cl2N3O. The topological polar surface area (TPSA) is 56.9 Å². The van der Waals surface area contributed by atoms with Crippen LogP contribution in [0.15, 0.2) is 12.3 Å². The van der Waals surface area contributed by atoms with Crippen LogP contribution in [0.4, 0.5) is 0 Å². The van der Waals surface area contributed by atoms with E-state index in [-0.39, 0.29) is 23.7 Å². The van der Waals surface area contributed by atoms with Gasteiger partial charge in [0.05, 0.1) is 5.02 Å². The molecule has 102 valence electrons. The number of hydrogen-bond acceptors (Lipinski definition) is 2. The molecule has 0 radical (unpaired) electrons. The summed E-state index contributed by atoms with van der Waals surface area (Å²) in [5, 5.41) is 6.85. The molecule has 1 aliphatic heterocycles. The van der Waals surface area contributed by atoms with Crippen LogP contribution in [-0.2, 0) is 0 Å². The van der Waals surface area contributed by atoms with Crippen molar-refractivity contribution in [1.29, 1.82) is 0 Å². The molecule has 1 aliphatic rings. The lowest BCUT2D eigenvalue weighted by molar-refractivity contribution is 0.0918. The van der Waals surface area contributed by atoms with Gasteiger partial charge in [-0.05, 0) is 37.4 Å². The van der Waals surface area contributed by atoms with E-state index in [4.69, 9.17) is 11.6 Å². The lowest BCUT2D eigenvalue weighted by Crippen LogP contribution is -2.42. The molecule has 0 spiro atoms. The van der Waals surface area contributed by atoms with E-state index >= 15 is 0 Å².